The van der Waals surface area contributed by atoms with Crippen LogP contribution in [0.4, 0.5) is 23.4 Å². The average molecular weight is 410 g/mol. The number of amides is 1. The molecule has 0 bridgehead atoms. The minimum absolute atomic E-state index is 0.00455. The third kappa shape index (κ3) is 3.82. The van der Waals surface area contributed by atoms with Gasteiger partial charge in [-0.25, -0.2) is 9.07 Å². The molecule has 2 aliphatic rings. The van der Waals surface area contributed by atoms with E-state index in [9.17, 15) is 22.4 Å². The topological polar surface area (TPSA) is 50.2 Å². The summed E-state index contributed by atoms with van der Waals surface area (Å²) in [4.78, 5) is 14.3. The Hall–Kier alpha value is -2.58. The van der Waals surface area contributed by atoms with Gasteiger partial charge in [-0.2, -0.15) is 18.3 Å². The average Bonchev–Trinajstić information content (AvgIpc) is 3.10. The smallest absolute Gasteiger partial charge is 0.368 e. The van der Waals surface area contributed by atoms with Gasteiger partial charge in [-0.1, -0.05) is 12.1 Å². The minimum Gasteiger partial charge on any atom is -0.368 e. The molecular weight excluding hydrogens is 388 g/mol. The van der Waals surface area contributed by atoms with Crippen LogP contribution in [0.15, 0.2) is 30.3 Å². The van der Waals surface area contributed by atoms with Gasteiger partial charge in [0, 0.05) is 31.1 Å². The lowest BCUT2D eigenvalue weighted by Crippen LogP contribution is -2.39. The second kappa shape index (κ2) is 7.35. The molecule has 1 saturated heterocycles. The number of benzene rings is 1. The van der Waals surface area contributed by atoms with Crippen LogP contribution in [0, 0.1) is 5.82 Å². The number of hydrogen-bond donors (Lipinski definition) is 1. The number of likely N-dealkylation sites (tertiary alicyclic amines) is 1. The molecule has 1 aromatic heterocycles. The zero-order valence-electron chi connectivity index (χ0n) is 15.9. The van der Waals surface area contributed by atoms with E-state index in [-0.39, 0.29) is 23.9 Å². The van der Waals surface area contributed by atoms with E-state index >= 15 is 0 Å². The zero-order valence-corrected chi connectivity index (χ0v) is 15.9. The van der Waals surface area contributed by atoms with Crippen molar-refractivity contribution in [2.24, 2.45) is 0 Å². The highest BCUT2D eigenvalue weighted by atomic mass is 19.4. The first-order chi connectivity index (χ1) is 13.7. The molecule has 1 aromatic carbocycles. The number of alkyl halides is 3. The molecule has 1 N–H and O–H groups in total. The fraction of sp³-hybridized carbons (Fsp3) is 0.500. The number of halogens is 4. The van der Waals surface area contributed by atoms with E-state index in [1.54, 1.807) is 24.0 Å². The van der Waals surface area contributed by atoms with Crippen LogP contribution in [0.2, 0.25) is 0 Å². The highest BCUT2D eigenvalue weighted by molar-refractivity contribution is 5.94. The number of rotatable bonds is 2. The summed E-state index contributed by atoms with van der Waals surface area (Å²) in [7, 11) is 0. The SMILES string of the molecule is C[C@@H]1C[C@H](C(F)(F)F)n2nc(C3CCCN(C(=O)c4ccccc4F)C3)cc2N1. The van der Waals surface area contributed by atoms with Crippen LogP contribution in [0.25, 0.3) is 0 Å². The molecule has 3 atom stereocenters. The van der Waals surface area contributed by atoms with Crippen molar-refractivity contribution in [1.82, 2.24) is 14.7 Å². The first-order valence-electron chi connectivity index (χ1n) is 9.70. The molecule has 1 fully saturated rings. The van der Waals surface area contributed by atoms with Crippen LogP contribution in [-0.4, -0.2) is 45.9 Å². The number of hydrogen-bond acceptors (Lipinski definition) is 3. The number of anilines is 1. The largest absolute Gasteiger partial charge is 0.410 e. The van der Waals surface area contributed by atoms with Crippen LogP contribution in [0.3, 0.4) is 0 Å². The van der Waals surface area contributed by atoms with Crippen LogP contribution in [0.5, 0.6) is 0 Å². The number of nitrogens with one attached hydrogen (secondary N) is 1. The molecule has 2 aromatic rings. The van der Waals surface area contributed by atoms with E-state index in [4.69, 9.17) is 0 Å². The van der Waals surface area contributed by atoms with Gasteiger partial charge in [-0.15, -0.1) is 0 Å². The fourth-order valence-electron chi connectivity index (χ4n) is 4.18. The lowest BCUT2D eigenvalue weighted by Gasteiger charge is -2.32. The molecule has 4 rings (SSSR count). The summed E-state index contributed by atoms with van der Waals surface area (Å²) in [6.45, 7) is 2.50. The first-order valence-corrected chi connectivity index (χ1v) is 9.70. The summed E-state index contributed by atoms with van der Waals surface area (Å²) in [5.74, 6) is -0.831. The van der Waals surface area contributed by atoms with E-state index in [2.05, 4.69) is 10.4 Å². The molecule has 2 aliphatic heterocycles. The summed E-state index contributed by atoms with van der Waals surface area (Å²) in [6.07, 6.45) is -3.07. The Labute approximate surface area is 165 Å². The normalized spacial score (nSPS) is 24.7. The molecule has 0 radical (unpaired) electrons. The van der Waals surface area contributed by atoms with Gasteiger partial charge < -0.3 is 10.2 Å². The van der Waals surface area contributed by atoms with Crippen molar-refractivity contribution in [3.8, 4) is 0 Å². The van der Waals surface area contributed by atoms with Gasteiger partial charge >= 0.3 is 6.18 Å². The van der Waals surface area contributed by atoms with E-state index in [0.29, 0.717) is 37.4 Å². The van der Waals surface area contributed by atoms with Gasteiger partial charge in [-0.3, -0.25) is 4.79 Å². The Morgan fingerprint density at radius 3 is 2.76 bits per heavy atom. The maximum Gasteiger partial charge on any atom is 0.410 e. The van der Waals surface area contributed by atoms with Gasteiger partial charge in [0.25, 0.3) is 5.91 Å². The molecule has 1 unspecified atom stereocenters. The van der Waals surface area contributed by atoms with Crippen molar-refractivity contribution in [3.05, 3.63) is 47.4 Å². The van der Waals surface area contributed by atoms with Crippen molar-refractivity contribution in [2.45, 2.75) is 50.4 Å². The molecule has 29 heavy (non-hydrogen) atoms. The first kappa shape index (κ1) is 19.7. The maximum absolute atomic E-state index is 14.0. The van der Waals surface area contributed by atoms with Crippen molar-refractivity contribution >= 4 is 11.7 Å². The summed E-state index contributed by atoms with van der Waals surface area (Å²) < 4.78 is 55.4. The van der Waals surface area contributed by atoms with E-state index in [1.807, 2.05) is 0 Å². The summed E-state index contributed by atoms with van der Waals surface area (Å²) >= 11 is 0. The van der Waals surface area contributed by atoms with Crippen molar-refractivity contribution in [2.75, 3.05) is 18.4 Å². The third-order valence-corrected chi connectivity index (χ3v) is 5.63. The Morgan fingerprint density at radius 2 is 2.03 bits per heavy atom. The lowest BCUT2D eigenvalue weighted by molar-refractivity contribution is -0.173. The maximum atomic E-state index is 14.0. The second-order valence-corrected chi connectivity index (χ2v) is 7.81. The van der Waals surface area contributed by atoms with Gasteiger partial charge in [0.15, 0.2) is 6.04 Å². The minimum atomic E-state index is -4.38. The summed E-state index contributed by atoms with van der Waals surface area (Å²) in [5, 5.41) is 7.32. The Morgan fingerprint density at radius 1 is 1.28 bits per heavy atom. The predicted molar refractivity (Wildman–Crippen MR) is 99.3 cm³/mol. The highest BCUT2D eigenvalue weighted by Crippen LogP contribution is 2.40. The van der Waals surface area contributed by atoms with Gasteiger partial charge in [0.1, 0.15) is 11.6 Å². The summed E-state index contributed by atoms with van der Waals surface area (Å²) in [6, 6.07) is 5.47. The Bertz CT molecular complexity index is 910. The van der Waals surface area contributed by atoms with E-state index < -0.39 is 23.9 Å². The number of aromatic nitrogens is 2. The van der Waals surface area contributed by atoms with E-state index in [1.165, 1.54) is 18.2 Å². The number of nitrogens with zero attached hydrogens (tertiary/aromatic N) is 3. The number of carbonyl (C=O) groups is 1. The van der Waals surface area contributed by atoms with Crippen molar-refractivity contribution in [3.63, 3.8) is 0 Å². The van der Waals surface area contributed by atoms with E-state index in [0.717, 1.165) is 4.68 Å². The van der Waals surface area contributed by atoms with Crippen LogP contribution in [0.1, 0.15) is 54.2 Å². The van der Waals surface area contributed by atoms with Gasteiger partial charge in [0.05, 0.1) is 11.3 Å². The molecule has 3 heterocycles. The molecule has 156 valence electrons. The van der Waals surface area contributed by atoms with Crippen LogP contribution in [-0.2, 0) is 0 Å². The highest BCUT2D eigenvalue weighted by Gasteiger charge is 2.46. The molecular formula is C20H22F4N4O. The predicted octanol–water partition coefficient (Wildman–Crippen LogP) is 4.35. The van der Waals surface area contributed by atoms with Crippen LogP contribution >= 0.6 is 0 Å². The lowest BCUT2D eigenvalue weighted by atomic mass is 9.94. The molecule has 9 heteroatoms. The zero-order chi connectivity index (χ0) is 20.8. The standard InChI is InChI=1S/C20H22F4N4O/c1-12-9-17(20(22,23)24)28-18(25-12)10-16(26-28)13-5-4-8-27(11-13)19(29)14-6-2-3-7-15(14)21/h2-3,6-7,10,12-13,17,25H,4-5,8-9,11H2,1H3/t12-,13?,17-/m1/s1. The van der Waals surface area contributed by atoms with Crippen LogP contribution < -0.4 is 5.32 Å². The molecule has 0 aliphatic carbocycles. The second-order valence-electron chi connectivity index (χ2n) is 7.81. The molecule has 0 saturated carbocycles. The summed E-state index contributed by atoms with van der Waals surface area (Å²) in [5.41, 5.74) is 0.534. The van der Waals surface area contributed by atoms with Crippen molar-refractivity contribution < 1.29 is 22.4 Å². The van der Waals surface area contributed by atoms with Crippen molar-refractivity contribution in [1.29, 1.82) is 0 Å². The number of piperidine rings is 1. The Balaban J connectivity index is 1.57. The Kier molecular flexibility index (Phi) is 5.00. The van der Waals surface area contributed by atoms with Gasteiger partial charge in [-0.05, 0) is 38.3 Å². The fourth-order valence-corrected chi connectivity index (χ4v) is 4.18. The quantitative estimate of drug-likeness (QED) is 0.749. The van der Waals surface area contributed by atoms with Gasteiger partial charge in [0.2, 0.25) is 0 Å². The number of carbonyl (C=O) groups excluding carboxylic acids is 1. The molecule has 5 nitrogen and oxygen atoms in total. The molecule has 1 amide bonds. The monoisotopic (exact) mass is 410 g/mol. The number of fused-ring (bicyclic) bond motifs is 1. The molecule has 0 spiro atoms. The third-order valence-electron chi connectivity index (χ3n) is 5.63.